The van der Waals surface area contributed by atoms with Gasteiger partial charge in [-0.25, -0.2) is 28.7 Å². The lowest BCUT2D eigenvalue weighted by Crippen LogP contribution is -2.04. The number of benzene rings is 2. The van der Waals surface area contributed by atoms with E-state index in [1.165, 1.54) is 38.1 Å². The molecule has 156 valence electrons. The Kier molecular flexibility index (Phi) is 5.22. The van der Waals surface area contributed by atoms with Gasteiger partial charge in [-0.05, 0) is 26.0 Å². The summed E-state index contributed by atoms with van der Waals surface area (Å²) in [5, 5.41) is 0. The van der Waals surface area contributed by atoms with Gasteiger partial charge in [0.25, 0.3) is 0 Å². The molecule has 0 bridgehead atoms. The topological polar surface area (TPSA) is 85.7 Å². The minimum absolute atomic E-state index is 0.153. The van der Waals surface area contributed by atoms with E-state index in [-0.39, 0.29) is 43.8 Å². The van der Waals surface area contributed by atoms with Gasteiger partial charge in [0.2, 0.25) is 0 Å². The Hall–Kier alpha value is -3.33. The second-order valence-corrected chi connectivity index (χ2v) is 8.16. The van der Waals surface area contributed by atoms with Crippen LogP contribution in [0.15, 0.2) is 34.1 Å². The molecule has 0 aliphatic heterocycles. The summed E-state index contributed by atoms with van der Waals surface area (Å²) in [5.41, 5.74) is 2.53. The Bertz CT molecular complexity index is 1320. The van der Waals surface area contributed by atoms with Crippen LogP contribution in [0.25, 0.3) is 22.1 Å². The third-order valence-corrected chi connectivity index (χ3v) is 5.74. The van der Waals surface area contributed by atoms with Gasteiger partial charge in [0.1, 0.15) is 23.0 Å². The Morgan fingerprint density at radius 2 is 1.03 bits per heavy atom. The number of hydrogen-bond donors (Lipinski definition) is 0. The second-order valence-electron chi connectivity index (χ2n) is 7.07. The standard InChI is InChI=1S/C22H16F2N4O2S/c1-9-21(11(3)29)27-15-5-13(23)19(7-17(15)25-9)31-20-8-18-16(6-14(20)24)28-22(12(4)30)10(2)26-18/h5-8H,1-4H3. The maximum Gasteiger partial charge on any atom is 0.179 e. The van der Waals surface area contributed by atoms with Crippen molar-refractivity contribution < 1.29 is 18.4 Å². The van der Waals surface area contributed by atoms with E-state index in [1.54, 1.807) is 13.8 Å². The second kappa shape index (κ2) is 7.73. The maximum absolute atomic E-state index is 14.7. The SMILES string of the molecule is CC(=O)c1nc2cc(F)c(Sc3cc4nc(C)c(C(C)=O)nc4cc3F)cc2nc1C. The Morgan fingerprint density at radius 1 is 0.677 bits per heavy atom. The van der Waals surface area contributed by atoms with Crippen LogP contribution in [0.3, 0.4) is 0 Å². The van der Waals surface area contributed by atoms with Gasteiger partial charge >= 0.3 is 0 Å². The van der Waals surface area contributed by atoms with Crippen molar-refractivity contribution in [1.29, 1.82) is 0 Å². The minimum atomic E-state index is -0.612. The Labute approximate surface area is 180 Å². The van der Waals surface area contributed by atoms with Gasteiger partial charge in [0, 0.05) is 26.0 Å². The molecule has 0 saturated heterocycles. The summed E-state index contributed by atoms with van der Waals surface area (Å²) in [6.45, 7) is 6.04. The first kappa shape index (κ1) is 20.9. The van der Waals surface area contributed by atoms with E-state index >= 15 is 0 Å². The molecule has 0 atom stereocenters. The number of hydrogen-bond acceptors (Lipinski definition) is 7. The number of aryl methyl sites for hydroxylation is 2. The van der Waals surface area contributed by atoms with E-state index in [0.717, 1.165) is 11.8 Å². The van der Waals surface area contributed by atoms with Crippen molar-refractivity contribution in [2.24, 2.45) is 0 Å². The van der Waals surface area contributed by atoms with Crippen molar-refractivity contribution in [3.05, 3.63) is 58.7 Å². The van der Waals surface area contributed by atoms with Crippen molar-refractivity contribution in [3.63, 3.8) is 0 Å². The van der Waals surface area contributed by atoms with Gasteiger partial charge in [-0.2, -0.15) is 0 Å². The molecule has 4 rings (SSSR count). The molecular weight excluding hydrogens is 422 g/mol. The number of ketones is 2. The normalized spacial score (nSPS) is 11.3. The van der Waals surface area contributed by atoms with Gasteiger partial charge < -0.3 is 0 Å². The van der Waals surface area contributed by atoms with Crippen LogP contribution in [0.2, 0.25) is 0 Å². The van der Waals surface area contributed by atoms with Crippen molar-refractivity contribution in [1.82, 2.24) is 19.9 Å². The van der Waals surface area contributed by atoms with Crippen LogP contribution in [0.4, 0.5) is 8.78 Å². The lowest BCUT2D eigenvalue weighted by molar-refractivity contribution is 0.0999. The van der Waals surface area contributed by atoms with Crippen LogP contribution >= 0.6 is 11.8 Å². The zero-order valence-electron chi connectivity index (χ0n) is 17.1. The smallest absolute Gasteiger partial charge is 0.179 e. The highest BCUT2D eigenvalue weighted by Gasteiger charge is 2.17. The molecule has 2 heterocycles. The van der Waals surface area contributed by atoms with E-state index in [1.807, 2.05) is 0 Å². The summed E-state index contributed by atoms with van der Waals surface area (Å²) >= 11 is 0.884. The molecule has 0 radical (unpaired) electrons. The number of rotatable bonds is 4. The van der Waals surface area contributed by atoms with E-state index in [9.17, 15) is 18.4 Å². The summed E-state index contributed by atoms with van der Waals surface area (Å²) in [6, 6.07) is 5.30. The largest absolute Gasteiger partial charge is 0.293 e. The average molecular weight is 438 g/mol. The number of halogens is 2. The van der Waals surface area contributed by atoms with E-state index in [2.05, 4.69) is 19.9 Å². The van der Waals surface area contributed by atoms with Crippen LogP contribution in [0, 0.1) is 25.5 Å². The number of Topliss-reactive ketones (excluding diaryl/α,β-unsaturated/α-hetero) is 2. The number of fused-ring (bicyclic) bond motifs is 2. The van der Waals surface area contributed by atoms with Crippen LogP contribution in [-0.4, -0.2) is 31.5 Å². The molecule has 31 heavy (non-hydrogen) atoms. The monoisotopic (exact) mass is 438 g/mol. The van der Waals surface area contributed by atoms with Crippen LogP contribution in [-0.2, 0) is 0 Å². The Balaban J connectivity index is 1.79. The summed E-state index contributed by atoms with van der Waals surface area (Å²) < 4.78 is 29.5. The fraction of sp³-hybridized carbons (Fsp3) is 0.182. The molecule has 0 saturated carbocycles. The van der Waals surface area contributed by atoms with Gasteiger partial charge in [0.15, 0.2) is 11.6 Å². The third kappa shape index (κ3) is 3.88. The summed E-state index contributed by atoms with van der Waals surface area (Å²) in [7, 11) is 0. The quantitative estimate of drug-likeness (QED) is 0.413. The summed E-state index contributed by atoms with van der Waals surface area (Å²) in [4.78, 5) is 40.7. The van der Waals surface area contributed by atoms with Crippen molar-refractivity contribution in [2.45, 2.75) is 37.5 Å². The molecule has 0 N–H and O–H groups in total. The van der Waals surface area contributed by atoms with Crippen LogP contribution < -0.4 is 0 Å². The number of nitrogens with zero attached hydrogens (tertiary/aromatic N) is 4. The average Bonchev–Trinajstić information content (AvgIpc) is 2.68. The highest BCUT2D eigenvalue weighted by molar-refractivity contribution is 7.99. The third-order valence-electron chi connectivity index (χ3n) is 4.67. The van der Waals surface area contributed by atoms with E-state index in [4.69, 9.17) is 0 Å². The molecule has 0 aliphatic rings. The number of carbonyl (C=O) groups excluding carboxylic acids is 2. The van der Waals surface area contributed by atoms with Crippen LogP contribution in [0.1, 0.15) is 46.2 Å². The molecule has 0 fully saturated rings. The summed E-state index contributed by atoms with van der Waals surface area (Å²) in [5.74, 6) is -1.74. The first-order valence-electron chi connectivity index (χ1n) is 9.29. The lowest BCUT2D eigenvalue weighted by atomic mass is 10.2. The summed E-state index contributed by atoms with van der Waals surface area (Å²) in [6.07, 6.45) is 0. The number of aromatic nitrogens is 4. The predicted octanol–water partition coefficient (Wildman–Crippen LogP) is 5.02. The zero-order chi connectivity index (χ0) is 22.4. The molecule has 2 aromatic carbocycles. The fourth-order valence-electron chi connectivity index (χ4n) is 3.23. The highest BCUT2D eigenvalue weighted by atomic mass is 32.2. The van der Waals surface area contributed by atoms with Crippen molar-refractivity contribution in [3.8, 4) is 0 Å². The van der Waals surface area contributed by atoms with Crippen LogP contribution in [0.5, 0.6) is 0 Å². The van der Waals surface area contributed by atoms with E-state index < -0.39 is 11.6 Å². The van der Waals surface area contributed by atoms with Crippen molar-refractivity contribution >= 4 is 45.4 Å². The molecule has 2 aromatic heterocycles. The first-order chi connectivity index (χ1) is 14.6. The zero-order valence-corrected chi connectivity index (χ0v) is 17.9. The molecule has 0 aliphatic carbocycles. The lowest BCUT2D eigenvalue weighted by Gasteiger charge is -2.10. The Morgan fingerprint density at radius 3 is 1.39 bits per heavy atom. The minimum Gasteiger partial charge on any atom is -0.293 e. The van der Waals surface area contributed by atoms with Gasteiger partial charge in [-0.15, -0.1) is 0 Å². The maximum atomic E-state index is 14.7. The highest BCUT2D eigenvalue weighted by Crippen LogP contribution is 2.35. The predicted molar refractivity (Wildman–Crippen MR) is 113 cm³/mol. The van der Waals surface area contributed by atoms with Gasteiger partial charge in [-0.3, -0.25) is 9.59 Å². The van der Waals surface area contributed by atoms with Gasteiger partial charge in [-0.1, -0.05) is 11.8 Å². The molecule has 4 aromatic rings. The molecule has 6 nitrogen and oxygen atoms in total. The van der Waals surface area contributed by atoms with Crippen molar-refractivity contribution in [2.75, 3.05) is 0 Å². The van der Waals surface area contributed by atoms with Gasteiger partial charge in [0.05, 0.1) is 43.2 Å². The molecule has 0 spiro atoms. The molecular formula is C22H16F2N4O2S. The van der Waals surface area contributed by atoms with E-state index in [0.29, 0.717) is 22.4 Å². The molecule has 9 heteroatoms. The number of carbonyl (C=O) groups is 2. The molecule has 0 amide bonds. The molecule has 0 unspecified atom stereocenters. The first-order valence-corrected chi connectivity index (χ1v) is 10.1. The fourth-order valence-corrected chi connectivity index (χ4v) is 4.13.